The van der Waals surface area contributed by atoms with Crippen molar-refractivity contribution in [2.75, 3.05) is 4.90 Å². The molecule has 12 aromatic rings. The molecule has 68 heavy (non-hydrogen) atoms. The number of nitrogens with zero attached hydrogens (tertiary/aromatic N) is 2. The molecular weight excluding hydrogens is 821 g/mol. The summed E-state index contributed by atoms with van der Waals surface area (Å²) in [4.78, 5) is 2.35. The predicted octanol–water partition coefficient (Wildman–Crippen LogP) is 18.3. The van der Waals surface area contributed by atoms with Crippen molar-refractivity contribution in [1.82, 2.24) is 4.57 Å². The lowest BCUT2D eigenvalue weighted by atomic mass is 9.99. The van der Waals surface area contributed by atoms with Gasteiger partial charge in [-0.15, -0.1) is 0 Å². The van der Waals surface area contributed by atoms with Crippen LogP contribution in [0.2, 0.25) is 0 Å². The molecule has 0 saturated carbocycles. The van der Waals surface area contributed by atoms with Crippen LogP contribution in [0, 0.1) is 0 Å². The van der Waals surface area contributed by atoms with Crippen molar-refractivity contribution in [3.63, 3.8) is 0 Å². The molecule has 2 nitrogen and oxygen atoms in total. The maximum atomic E-state index is 2.41. The monoisotopic (exact) mass is 866 g/mol. The van der Waals surface area contributed by atoms with Crippen molar-refractivity contribution < 1.29 is 0 Å². The molecule has 0 unspecified atom stereocenters. The molecular formula is C66H46N2. The molecule has 0 aliphatic heterocycles. The average molecular weight is 867 g/mol. The standard InChI is InChI=1S/C66H46N2/c1-5-14-47(15-6-1)51-24-34-59(35-25-51)67(61-38-30-54(31-39-61)56-23-13-22-55(44-56)48-16-7-2-8-17-48)60-36-26-52(27-37-60)53-28-40-62(41-29-53)68-65-42-32-57(49-18-9-3-10-19-49)45-63(65)64-46-58(33-43-66(64)68)50-20-11-4-12-21-50/h1-46H. The van der Waals surface area contributed by atoms with E-state index in [0.29, 0.717) is 0 Å². The van der Waals surface area contributed by atoms with Gasteiger partial charge in [-0.1, -0.05) is 200 Å². The molecule has 0 amide bonds. The van der Waals surface area contributed by atoms with Gasteiger partial charge in [-0.3, -0.25) is 0 Å². The van der Waals surface area contributed by atoms with Gasteiger partial charge in [-0.2, -0.15) is 0 Å². The highest BCUT2D eigenvalue weighted by Gasteiger charge is 2.17. The SMILES string of the molecule is c1ccc(-c2ccc(N(c3ccc(-c4ccc(-n5c6ccc(-c7ccccc7)cc6c6cc(-c7ccccc7)ccc65)cc4)cc3)c3ccc(-c4cccc(-c5ccccc5)c4)cc3)cc2)cc1. The topological polar surface area (TPSA) is 8.17 Å². The molecule has 0 atom stereocenters. The lowest BCUT2D eigenvalue weighted by molar-refractivity contribution is 1.18. The highest BCUT2D eigenvalue weighted by molar-refractivity contribution is 6.11. The summed E-state index contributed by atoms with van der Waals surface area (Å²) in [7, 11) is 0. The van der Waals surface area contributed by atoms with Crippen LogP contribution in [0.15, 0.2) is 279 Å². The molecule has 0 spiro atoms. The Kier molecular flexibility index (Phi) is 10.6. The van der Waals surface area contributed by atoms with E-state index in [4.69, 9.17) is 0 Å². The van der Waals surface area contributed by atoms with E-state index >= 15 is 0 Å². The molecule has 0 aliphatic rings. The Labute approximate surface area is 397 Å². The maximum Gasteiger partial charge on any atom is 0.0541 e. The van der Waals surface area contributed by atoms with Crippen LogP contribution >= 0.6 is 0 Å². The largest absolute Gasteiger partial charge is 0.311 e. The van der Waals surface area contributed by atoms with E-state index in [9.17, 15) is 0 Å². The van der Waals surface area contributed by atoms with Gasteiger partial charge in [0.15, 0.2) is 0 Å². The van der Waals surface area contributed by atoms with E-state index in [0.717, 1.165) is 28.3 Å². The van der Waals surface area contributed by atoms with Crippen LogP contribution in [0.4, 0.5) is 17.1 Å². The van der Waals surface area contributed by atoms with Crippen LogP contribution in [0.3, 0.4) is 0 Å². The molecule has 0 radical (unpaired) electrons. The lowest BCUT2D eigenvalue weighted by Crippen LogP contribution is -2.09. The van der Waals surface area contributed by atoms with Crippen LogP contribution in [0.1, 0.15) is 0 Å². The fourth-order valence-corrected chi connectivity index (χ4v) is 9.72. The quantitative estimate of drug-likeness (QED) is 0.133. The summed E-state index contributed by atoms with van der Waals surface area (Å²) >= 11 is 0. The van der Waals surface area contributed by atoms with Crippen molar-refractivity contribution in [2.45, 2.75) is 0 Å². The third-order valence-electron chi connectivity index (χ3n) is 13.2. The van der Waals surface area contributed by atoms with E-state index in [1.165, 1.54) is 83.0 Å². The first-order valence-corrected chi connectivity index (χ1v) is 23.3. The second-order valence-electron chi connectivity index (χ2n) is 17.4. The van der Waals surface area contributed by atoms with Crippen LogP contribution in [0.5, 0.6) is 0 Å². The van der Waals surface area contributed by atoms with Gasteiger partial charge in [0.25, 0.3) is 0 Å². The highest BCUT2D eigenvalue weighted by atomic mass is 15.1. The van der Waals surface area contributed by atoms with Gasteiger partial charge in [0, 0.05) is 33.5 Å². The van der Waals surface area contributed by atoms with Gasteiger partial charge in [-0.05, 0) is 146 Å². The van der Waals surface area contributed by atoms with Gasteiger partial charge in [0.05, 0.1) is 11.0 Å². The van der Waals surface area contributed by atoms with Crippen molar-refractivity contribution in [1.29, 1.82) is 0 Å². The van der Waals surface area contributed by atoms with Crippen LogP contribution in [-0.4, -0.2) is 4.57 Å². The van der Waals surface area contributed by atoms with Gasteiger partial charge in [0.1, 0.15) is 0 Å². The van der Waals surface area contributed by atoms with Crippen LogP contribution in [-0.2, 0) is 0 Å². The minimum atomic E-state index is 1.09. The lowest BCUT2D eigenvalue weighted by Gasteiger charge is -2.26. The third kappa shape index (κ3) is 7.85. The second-order valence-corrected chi connectivity index (χ2v) is 17.4. The Hall–Kier alpha value is -8.98. The third-order valence-corrected chi connectivity index (χ3v) is 13.2. The van der Waals surface area contributed by atoms with Crippen molar-refractivity contribution in [2.24, 2.45) is 0 Å². The normalized spacial score (nSPS) is 11.2. The van der Waals surface area contributed by atoms with Gasteiger partial charge in [-0.25, -0.2) is 0 Å². The Balaban J connectivity index is 0.880. The van der Waals surface area contributed by atoms with Gasteiger partial charge >= 0.3 is 0 Å². The Morgan fingerprint density at radius 3 is 0.838 bits per heavy atom. The summed E-state index contributed by atoms with van der Waals surface area (Å²) in [6, 6.07) is 101. The second kappa shape index (κ2) is 17.8. The Morgan fingerprint density at radius 1 is 0.206 bits per heavy atom. The van der Waals surface area contributed by atoms with Crippen molar-refractivity contribution in [3.05, 3.63) is 279 Å². The number of rotatable bonds is 10. The number of benzene rings is 11. The Bertz CT molecular complexity index is 3560. The highest BCUT2D eigenvalue weighted by Crippen LogP contribution is 2.40. The molecule has 0 fully saturated rings. The number of anilines is 3. The Morgan fingerprint density at radius 2 is 0.471 bits per heavy atom. The zero-order valence-corrected chi connectivity index (χ0v) is 37.5. The van der Waals surface area contributed by atoms with Gasteiger partial charge in [0.2, 0.25) is 0 Å². The maximum absolute atomic E-state index is 2.41. The smallest absolute Gasteiger partial charge is 0.0541 e. The molecule has 1 aromatic heterocycles. The average Bonchev–Trinajstić information content (AvgIpc) is 3.75. The molecule has 0 saturated heterocycles. The fourth-order valence-electron chi connectivity index (χ4n) is 9.72. The van der Waals surface area contributed by atoms with Crippen molar-refractivity contribution in [3.8, 4) is 72.4 Å². The van der Waals surface area contributed by atoms with E-state index in [-0.39, 0.29) is 0 Å². The molecule has 0 bridgehead atoms. The van der Waals surface area contributed by atoms with Crippen LogP contribution in [0.25, 0.3) is 94.3 Å². The zero-order chi connectivity index (χ0) is 45.2. The first-order chi connectivity index (χ1) is 33.7. The first kappa shape index (κ1) is 40.5. The summed E-state index contributed by atoms with van der Waals surface area (Å²) in [5, 5.41) is 2.48. The van der Waals surface area contributed by atoms with E-state index in [2.05, 4.69) is 289 Å². The summed E-state index contributed by atoms with van der Waals surface area (Å²) in [5.74, 6) is 0. The number of hydrogen-bond donors (Lipinski definition) is 0. The summed E-state index contributed by atoms with van der Waals surface area (Å²) < 4.78 is 2.41. The molecule has 1 heterocycles. The number of aromatic nitrogens is 1. The van der Waals surface area contributed by atoms with E-state index in [1.54, 1.807) is 0 Å². The van der Waals surface area contributed by atoms with E-state index in [1.807, 2.05) is 0 Å². The first-order valence-electron chi connectivity index (χ1n) is 23.3. The van der Waals surface area contributed by atoms with Crippen molar-refractivity contribution >= 4 is 38.9 Å². The van der Waals surface area contributed by atoms with Crippen LogP contribution < -0.4 is 4.90 Å². The van der Waals surface area contributed by atoms with Gasteiger partial charge < -0.3 is 9.47 Å². The predicted molar refractivity (Wildman–Crippen MR) is 288 cm³/mol. The molecule has 0 aliphatic carbocycles. The molecule has 0 N–H and O–H groups in total. The minimum Gasteiger partial charge on any atom is -0.311 e. The number of fused-ring (bicyclic) bond motifs is 3. The molecule has 12 rings (SSSR count). The summed E-state index contributed by atoms with van der Waals surface area (Å²) in [6.07, 6.45) is 0. The summed E-state index contributed by atoms with van der Waals surface area (Å²) in [6.45, 7) is 0. The number of hydrogen-bond acceptors (Lipinski definition) is 1. The molecule has 2 heteroatoms. The van der Waals surface area contributed by atoms with E-state index < -0.39 is 0 Å². The molecule has 11 aromatic carbocycles. The summed E-state index contributed by atoms with van der Waals surface area (Å²) in [5.41, 5.74) is 21.2. The minimum absolute atomic E-state index is 1.09. The molecule has 320 valence electrons. The fraction of sp³-hybridized carbons (Fsp3) is 0. The zero-order valence-electron chi connectivity index (χ0n) is 37.5.